The molecule has 0 unspecified atom stereocenters. The van der Waals surface area contributed by atoms with Crippen molar-refractivity contribution >= 4 is 5.91 Å². The summed E-state index contributed by atoms with van der Waals surface area (Å²) in [6, 6.07) is 1.11. The molecule has 1 heterocycles. The lowest BCUT2D eigenvalue weighted by molar-refractivity contribution is 0.00521. The first kappa shape index (κ1) is 13.9. The van der Waals surface area contributed by atoms with Crippen LogP contribution in [0.2, 0.25) is 0 Å². The highest BCUT2D eigenvalue weighted by molar-refractivity contribution is 5.94. The largest absolute Gasteiger partial charge is 0.388 e. The number of carbonyl (C=O) groups excluding carboxylic acids is 1. The zero-order valence-electron chi connectivity index (χ0n) is 10.5. The number of rotatable bonds is 3. The van der Waals surface area contributed by atoms with Gasteiger partial charge in [0, 0.05) is 12.7 Å². The molecule has 1 aliphatic rings. The summed E-state index contributed by atoms with van der Waals surface area (Å²) in [6.07, 6.45) is 5.14. The Hall–Kier alpha value is -1.56. The Morgan fingerprint density at radius 1 is 1.37 bits per heavy atom. The van der Waals surface area contributed by atoms with Crippen molar-refractivity contribution in [3.63, 3.8) is 0 Å². The molecule has 0 saturated heterocycles. The summed E-state index contributed by atoms with van der Waals surface area (Å²) in [5.74, 6) is -3.31. The van der Waals surface area contributed by atoms with Crippen LogP contribution in [0.4, 0.5) is 8.78 Å². The normalized spacial score (nSPS) is 18.1. The molecule has 104 valence electrons. The van der Waals surface area contributed by atoms with Crippen LogP contribution in [-0.2, 0) is 0 Å². The summed E-state index contributed by atoms with van der Waals surface area (Å²) in [5.41, 5.74) is -1.33. The van der Waals surface area contributed by atoms with Crippen molar-refractivity contribution < 1.29 is 18.7 Å². The van der Waals surface area contributed by atoms with Crippen molar-refractivity contribution in [1.82, 2.24) is 10.3 Å². The molecule has 0 radical (unpaired) electrons. The molecular weight excluding hydrogens is 254 g/mol. The lowest BCUT2D eigenvalue weighted by Crippen LogP contribution is -2.44. The van der Waals surface area contributed by atoms with Gasteiger partial charge in [-0.15, -0.1) is 0 Å². The average molecular weight is 270 g/mol. The minimum atomic E-state index is -1.30. The summed E-state index contributed by atoms with van der Waals surface area (Å²) in [6.45, 7) is 0.0508. The summed E-state index contributed by atoms with van der Waals surface area (Å²) < 4.78 is 26.2. The van der Waals surface area contributed by atoms with Gasteiger partial charge in [0.05, 0.1) is 11.2 Å². The molecule has 0 bridgehead atoms. The van der Waals surface area contributed by atoms with Crippen LogP contribution in [0, 0.1) is 11.8 Å². The number of hydrogen-bond acceptors (Lipinski definition) is 3. The third-order valence-corrected chi connectivity index (χ3v) is 3.45. The van der Waals surface area contributed by atoms with Gasteiger partial charge in [-0.1, -0.05) is 19.3 Å². The lowest BCUT2D eigenvalue weighted by atomic mass is 9.85. The van der Waals surface area contributed by atoms with Gasteiger partial charge in [0.15, 0.2) is 5.82 Å². The number of amides is 1. The van der Waals surface area contributed by atoms with Gasteiger partial charge in [-0.2, -0.15) is 4.39 Å². The smallest absolute Gasteiger partial charge is 0.254 e. The Morgan fingerprint density at radius 3 is 2.74 bits per heavy atom. The number of pyridine rings is 1. The third kappa shape index (κ3) is 3.26. The predicted molar refractivity (Wildman–Crippen MR) is 64.5 cm³/mol. The van der Waals surface area contributed by atoms with Gasteiger partial charge in [0.25, 0.3) is 5.91 Å². The average Bonchev–Trinajstić information content (AvgIpc) is 2.40. The SMILES string of the molecule is O=C(NCC1(O)CCCCC1)c1ccnc(F)c1F. The monoisotopic (exact) mass is 270 g/mol. The van der Waals surface area contributed by atoms with Gasteiger partial charge in [-0.25, -0.2) is 9.37 Å². The minimum absolute atomic E-state index is 0.0508. The molecule has 2 rings (SSSR count). The second kappa shape index (κ2) is 5.61. The quantitative estimate of drug-likeness (QED) is 0.823. The molecule has 1 amide bonds. The van der Waals surface area contributed by atoms with Crippen LogP contribution in [0.1, 0.15) is 42.5 Å². The highest BCUT2D eigenvalue weighted by Crippen LogP contribution is 2.27. The second-order valence-corrected chi connectivity index (χ2v) is 4.93. The van der Waals surface area contributed by atoms with Crippen molar-refractivity contribution in [3.8, 4) is 0 Å². The molecule has 0 atom stereocenters. The van der Waals surface area contributed by atoms with Gasteiger partial charge >= 0.3 is 0 Å². The Morgan fingerprint density at radius 2 is 2.05 bits per heavy atom. The van der Waals surface area contributed by atoms with Gasteiger partial charge in [-0.3, -0.25) is 4.79 Å². The Balaban J connectivity index is 1.99. The van der Waals surface area contributed by atoms with E-state index >= 15 is 0 Å². The number of nitrogens with one attached hydrogen (secondary N) is 1. The van der Waals surface area contributed by atoms with Crippen LogP contribution in [0.15, 0.2) is 12.3 Å². The van der Waals surface area contributed by atoms with E-state index < -0.39 is 28.8 Å². The molecule has 0 aromatic carbocycles. The standard InChI is InChI=1S/C13H16F2N2O2/c14-10-9(4-7-16-11(10)15)12(18)17-8-13(19)5-2-1-3-6-13/h4,7,19H,1-3,5-6,8H2,(H,17,18). The molecule has 4 nitrogen and oxygen atoms in total. The summed E-state index contributed by atoms with van der Waals surface area (Å²) >= 11 is 0. The molecular formula is C13H16F2N2O2. The summed E-state index contributed by atoms with van der Waals surface area (Å²) in [5, 5.41) is 12.6. The molecule has 0 aliphatic heterocycles. The fourth-order valence-electron chi connectivity index (χ4n) is 2.32. The second-order valence-electron chi connectivity index (χ2n) is 4.93. The van der Waals surface area contributed by atoms with Crippen LogP contribution in [0.5, 0.6) is 0 Å². The first-order valence-corrected chi connectivity index (χ1v) is 6.32. The van der Waals surface area contributed by atoms with E-state index in [0.717, 1.165) is 31.5 Å². The predicted octanol–water partition coefficient (Wildman–Crippen LogP) is 1.78. The zero-order valence-corrected chi connectivity index (χ0v) is 10.5. The molecule has 1 aromatic rings. The number of carbonyl (C=O) groups is 1. The lowest BCUT2D eigenvalue weighted by Gasteiger charge is -2.32. The third-order valence-electron chi connectivity index (χ3n) is 3.45. The molecule has 2 N–H and O–H groups in total. The van der Waals surface area contributed by atoms with Gasteiger partial charge in [-0.05, 0) is 18.9 Å². The van der Waals surface area contributed by atoms with Crippen LogP contribution in [0.3, 0.4) is 0 Å². The number of hydrogen-bond donors (Lipinski definition) is 2. The number of nitrogens with zero attached hydrogens (tertiary/aromatic N) is 1. The van der Waals surface area contributed by atoms with Gasteiger partial charge in [0.2, 0.25) is 5.95 Å². The Labute approximate surface area is 109 Å². The first-order chi connectivity index (χ1) is 9.02. The number of halogens is 2. The van der Waals surface area contributed by atoms with E-state index in [0.29, 0.717) is 12.8 Å². The molecule has 1 saturated carbocycles. The molecule has 19 heavy (non-hydrogen) atoms. The molecule has 0 spiro atoms. The maximum absolute atomic E-state index is 13.4. The molecule has 1 aliphatic carbocycles. The van der Waals surface area contributed by atoms with E-state index in [1.807, 2.05) is 0 Å². The summed E-state index contributed by atoms with van der Waals surface area (Å²) in [4.78, 5) is 14.9. The van der Waals surface area contributed by atoms with Crippen LogP contribution < -0.4 is 5.32 Å². The molecule has 6 heteroatoms. The van der Waals surface area contributed by atoms with E-state index in [9.17, 15) is 18.7 Å². The summed E-state index contributed by atoms with van der Waals surface area (Å²) in [7, 11) is 0. The van der Waals surface area contributed by atoms with Crippen molar-refractivity contribution in [3.05, 3.63) is 29.6 Å². The Kier molecular flexibility index (Phi) is 4.09. The van der Waals surface area contributed by atoms with Gasteiger partial charge in [0.1, 0.15) is 0 Å². The van der Waals surface area contributed by atoms with Crippen molar-refractivity contribution in [2.24, 2.45) is 0 Å². The molecule has 1 aromatic heterocycles. The molecule has 1 fully saturated rings. The van der Waals surface area contributed by atoms with E-state index in [4.69, 9.17) is 0 Å². The fraction of sp³-hybridized carbons (Fsp3) is 0.538. The highest BCUT2D eigenvalue weighted by Gasteiger charge is 2.30. The topological polar surface area (TPSA) is 62.2 Å². The van der Waals surface area contributed by atoms with Crippen molar-refractivity contribution in [1.29, 1.82) is 0 Å². The van der Waals surface area contributed by atoms with Crippen LogP contribution in [-0.4, -0.2) is 28.1 Å². The van der Waals surface area contributed by atoms with E-state index in [2.05, 4.69) is 10.3 Å². The van der Waals surface area contributed by atoms with E-state index in [1.165, 1.54) is 0 Å². The maximum Gasteiger partial charge on any atom is 0.254 e. The van der Waals surface area contributed by atoms with Gasteiger partial charge < -0.3 is 10.4 Å². The van der Waals surface area contributed by atoms with Crippen LogP contribution >= 0.6 is 0 Å². The van der Waals surface area contributed by atoms with Crippen LogP contribution in [0.25, 0.3) is 0 Å². The number of aliphatic hydroxyl groups is 1. The Bertz CT molecular complexity index is 474. The first-order valence-electron chi connectivity index (χ1n) is 6.32. The van der Waals surface area contributed by atoms with Crippen molar-refractivity contribution in [2.45, 2.75) is 37.7 Å². The minimum Gasteiger partial charge on any atom is -0.388 e. The maximum atomic E-state index is 13.4. The van der Waals surface area contributed by atoms with E-state index in [1.54, 1.807) is 0 Å². The van der Waals surface area contributed by atoms with Crippen molar-refractivity contribution in [2.75, 3.05) is 6.54 Å². The van der Waals surface area contributed by atoms with E-state index in [-0.39, 0.29) is 6.54 Å². The highest BCUT2D eigenvalue weighted by atomic mass is 19.2. The number of aromatic nitrogens is 1. The fourth-order valence-corrected chi connectivity index (χ4v) is 2.32. The zero-order chi connectivity index (χ0) is 13.9.